The number of pyridine rings is 1. The molecule has 3 aromatic carbocycles. The minimum Gasteiger partial charge on any atom is -0.240 e. The van der Waals surface area contributed by atoms with E-state index in [9.17, 15) is 0 Å². The standard InChI is InChI=1S/C23H16BrN/c24-23-21(15-16-22(25-23)20-9-5-2-6-10-20)19-13-11-18(12-14-19)17-7-3-1-4-8-17/h1-16H. The molecule has 0 saturated heterocycles. The van der Waals surface area contributed by atoms with Crippen LogP contribution in [0, 0.1) is 0 Å². The smallest absolute Gasteiger partial charge is 0.114 e. The van der Waals surface area contributed by atoms with Gasteiger partial charge in [-0.25, -0.2) is 4.98 Å². The average molecular weight is 386 g/mol. The maximum atomic E-state index is 4.72. The van der Waals surface area contributed by atoms with E-state index in [1.54, 1.807) is 0 Å². The lowest BCUT2D eigenvalue weighted by molar-refractivity contribution is 1.28. The summed E-state index contributed by atoms with van der Waals surface area (Å²) < 4.78 is 0.862. The fourth-order valence-electron chi connectivity index (χ4n) is 2.89. The highest BCUT2D eigenvalue weighted by Gasteiger charge is 2.07. The van der Waals surface area contributed by atoms with Gasteiger partial charge in [-0.15, -0.1) is 0 Å². The first-order chi connectivity index (χ1) is 12.3. The van der Waals surface area contributed by atoms with Crippen molar-refractivity contribution < 1.29 is 0 Å². The van der Waals surface area contributed by atoms with Gasteiger partial charge >= 0.3 is 0 Å². The van der Waals surface area contributed by atoms with E-state index in [-0.39, 0.29) is 0 Å². The molecule has 0 atom stereocenters. The van der Waals surface area contributed by atoms with Crippen LogP contribution in [0.15, 0.2) is 102 Å². The molecule has 0 N–H and O–H groups in total. The van der Waals surface area contributed by atoms with Crippen molar-refractivity contribution in [3.8, 4) is 33.5 Å². The van der Waals surface area contributed by atoms with E-state index in [0.717, 1.165) is 27.0 Å². The molecule has 1 nitrogen and oxygen atoms in total. The summed E-state index contributed by atoms with van der Waals surface area (Å²) in [5.41, 5.74) is 6.78. The SMILES string of the molecule is Brc1nc(-c2ccccc2)ccc1-c1ccc(-c2ccccc2)cc1. The van der Waals surface area contributed by atoms with Crippen LogP contribution in [0.1, 0.15) is 0 Å². The van der Waals surface area contributed by atoms with Crippen LogP contribution in [0.25, 0.3) is 33.5 Å². The average Bonchev–Trinajstić information content (AvgIpc) is 2.69. The monoisotopic (exact) mass is 385 g/mol. The largest absolute Gasteiger partial charge is 0.240 e. The summed E-state index contributed by atoms with van der Waals surface area (Å²) >= 11 is 3.63. The molecular formula is C23H16BrN. The molecule has 0 bridgehead atoms. The van der Waals surface area contributed by atoms with Gasteiger partial charge in [-0.05, 0) is 44.8 Å². The number of benzene rings is 3. The molecular weight excluding hydrogens is 370 g/mol. The molecule has 0 aliphatic rings. The summed E-state index contributed by atoms with van der Waals surface area (Å²) in [6, 6.07) is 33.4. The maximum Gasteiger partial charge on any atom is 0.114 e. The highest BCUT2D eigenvalue weighted by Crippen LogP contribution is 2.31. The number of aromatic nitrogens is 1. The lowest BCUT2D eigenvalue weighted by Gasteiger charge is -2.08. The number of rotatable bonds is 3. The Kier molecular flexibility index (Phi) is 4.45. The molecule has 0 amide bonds. The lowest BCUT2D eigenvalue weighted by atomic mass is 10.0. The van der Waals surface area contributed by atoms with E-state index in [2.05, 4.69) is 88.7 Å². The summed E-state index contributed by atoms with van der Waals surface area (Å²) in [6.45, 7) is 0. The van der Waals surface area contributed by atoms with Crippen LogP contribution in [0.2, 0.25) is 0 Å². The van der Waals surface area contributed by atoms with Gasteiger partial charge in [0.15, 0.2) is 0 Å². The Bertz CT molecular complexity index is 977. The molecule has 4 rings (SSSR count). The van der Waals surface area contributed by atoms with E-state index in [1.165, 1.54) is 11.1 Å². The first kappa shape index (κ1) is 15.8. The molecule has 0 unspecified atom stereocenters. The topological polar surface area (TPSA) is 12.9 Å². The third-order valence-electron chi connectivity index (χ3n) is 4.22. The summed E-state index contributed by atoms with van der Waals surface area (Å²) in [5, 5.41) is 0. The highest BCUT2D eigenvalue weighted by atomic mass is 79.9. The molecule has 1 heterocycles. The minimum absolute atomic E-state index is 0.862. The fourth-order valence-corrected chi connectivity index (χ4v) is 3.44. The highest BCUT2D eigenvalue weighted by molar-refractivity contribution is 9.10. The Hall–Kier alpha value is -2.71. The Labute approximate surface area is 156 Å². The van der Waals surface area contributed by atoms with Gasteiger partial charge in [-0.2, -0.15) is 0 Å². The van der Waals surface area contributed by atoms with Crippen molar-refractivity contribution in [1.82, 2.24) is 4.98 Å². The van der Waals surface area contributed by atoms with Gasteiger partial charge in [0, 0.05) is 11.1 Å². The van der Waals surface area contributed by atoms with Crippen molar-refractivity contribution in [2.45, 2.75) is 0 Å². The molecule has 4 aromatic rings. The zero-order valence-electron chi connectivity index (χ0n) is 13.6. The number of hydrogen-bond donors (Lipinski definition) is 0. The zero-order valence-corrected chi connectivity index (χ0v) is 15.1. The van der Waals surface area contributed by atoms with Crippen molar-refractivity contribution in [2.24, 2.45) is 0 Å². The third kappa shape index (κ3) is 3.40. The van der Waals surface area contributed by atoms with Gasteiger partial charge < -0.3 is 0 Å². The van der Waals surface area contributed by atoms with E-state index in [1.807, 2.05) is 24.3 Å². The Morgan fingerprint density at radius 3 is 1.60 bits per heavy atom. The second-order valence-corrected chi connectivity index (χ2v) is 6.60. The number of nitrogens with zero attached hydrogens (tertiary/aromatic N) is 1. The van der Waals surface area contributed by atoms with Crippen molar-refractivity contribution in [3.63, 3.8) is 0 Å². The molecule has 0 saturated carbocycles. The number of hydrogen-bond acceptors (Lipinski definition) is 1. The molecule has 1 aromatic heterocycles. The van der Waals surface area contributed by atoms with Crippen LogP contribution in [-0.4, -0.2) is 4.98 Å². The predicted molar refractivity (Wildman–Crippen MR) is 108 cm³/mol. The van der Waals surface area contributed by atoms with Crippen LogP contribution in [0.4, 0.5) is 0 Å². The van der Waals surface area contributed by atoms with Crippen LogP contribution in [0.5, 0.6) is 0 Å². The quantitative estimate of drug-likeness (QED) is 0.351. The molecule has 0 aliphatic carbocycles. The van der Waals surface area contributed by atoms with Gasteiger partial charge in [0.2, 0.25) is 0 Å². The predicted octanol–water partition coefficient (Wildman–Crippen LogP) is 6.85. The first-order valence-electron chi connectivity index (χ1n) is 8.19. The maximum absolute atomic E-state index is 4.72. The van der Waals surface area contributed by atoms with Crippen LogP contribution in [0.3, 0.4) is 0 Å². The van der Waals surface area contributed by atoms with Gasteiger partial charge in [0.25, 0.3) is 0 Å². The minimum atomic E-state index is 0.862. The third-order valence-corrected chi connectivity index (χ3v) is 4.83. The number of halogens is 1. The van der Waals surface area contributed by atoms with Crippen LogP contribution in [-0.2, 0) is 0 Å². The lowest BCUT2D eigenvalue weighted by Crippen LogP contribution is -1.88. The molecule has 0 aliphatic heterocycles. The normalized spacial score (nSPS) is 10.6. The summed E-state index contributed by atoms with van der Waals surface area (Å²) in [7, 11) is 0. The van der Waals surface area contributed by atoms with Gasteiger partial charge in [-0.3, -0.25) is 0 Å². The van der Waals surface area contributed by atoms with E-state index < -0.39 is 0 Å². The van der Waals surface area contributed by atoms with E-state index in [4.69, 9.17) is 4.98 Å². The summed E-state index contributed by atoms with van der Waals surface area (Å²) in [5.74, 6) is 0. The molecule has 0 radical (unpaired) electrons. The van der Waals surface area contributed by atoms with Crippen molar-refractivity contribution in [3.05, 3.63) is 102 Å². The second kappa shape index (κ2) is 7.04. The van der Waals surface area contributed by atoms with Gasteiger partial charge in [0.05, 0.1) is 5.69 Å². The molecule has 2 heteroatoms. The van der Waals surface area contributed by atoms with Gasteiger partial charge in [0.1, 0.15) is 4.60 Å². The summed E-state index contributed by atoms with van der Waals surface area (Å²) in [4.78, 5) is 4.72. The van der Waals surface area contributed by atoms with Crippen molar-refractivity contribution in [1.29, 1.82) is 0 Å². The molecule has 0 fully saturated rings. The second-order valence-electron chi connectivity index (χ2n) is 5.84. The fraction of sp³-hybridized carbons (Fsp3) is 0. The van der Waals surface area contributed by atoms with Crippen molar-refractivity contribution in [2.75, 3.05) is 0 Å². The van der Waals surface area contributed by atoms with Crippen LogP contribution < -0.4 is 0 Å². The molecule has 0 spiro atoms. The Balaban J connectivity index is 1.66. The van der Waals surface area contributed by atoms with E-state index >= 15 is 0 Å². The van der Waals surface area contributed by atoms with E-state index in [0.29, 0.717) is 0 Å². The molecule has 25 heavy (non-hydrogen) atoms. The Morgan fingerprint density at radius 1 is 0.480 bits per heavy atom. The molecule has 120 valence electrons. The summed E-state index contributed by atoms with van der Waals surface area (Å²) in [6.07, 6.45) is 0. The van der Waals surface area contributed by atoms with Gasteiger partial charge in [-0.1, -0.05) is 84.9 Å². The Morgan fingerprint density at radius 2 is 1.00 bits per heavy atom. The van der Waals surface area contributed by atoms with Crippen molar-refractivity contribution >= 4 is 15.9 Å². The first-order valence-corrected chi connectivity index (χ1v) is 8.98. The van der Waals surface area contributed by atoms with Crippen LogP contribution >= 0.6 is 15.9 Å². The zero-order chi connectivity index (χ0) is 17.1.